The van der Waals surface area contributed by atoms with Crippen LogP contribution in [0.15, 0.2) is 65.7 Å². The lowest BCUT2D eigenvalue weighted by Gasteiger charge is -2.18. The van der Waals surface area contributed by atoms with E-state index in [4.69, 9.17) is 0 Å². The Hall–Kier alpha value is -2.60. The molecule has 1 atom stereocenters. The monoisotopic (exact) mass is 339 g/mol. The summed E-state index contributed by atoms with van der Waals surface area (Å²) in [7, 11) is 1.72. The minimum absolute atomic E-state index is 0.102. The SMILES string of the molecule is CN(C(=O)CC1SC(=Nc2ccccc2)NC1=O)c1ccccc1. The number of thioether (sulfide) groups is 1. The van der Waals surface area contributed by atoms with Gasteiger partial charge in [0.2, 0.25) is 11.8 Å². The van der Waals surface area contributed by atoms with Gasteiger partial charge in [-0.2, -0.15) is 0 Å². The molecule has 1 unspecified atom stereocenters. The first kappa shape index (κ1) is 16.3. The highest BCUT2D eigenvalue weighted by molar-refractivity contribution is 8.15. The number of hydrogen-bond acceptors (Lipinski definition) is 4. The van der Waals surface area contributed by atoms with Crippen LogP contribution in [0.3, 0.4) is 0 Å². The predicted molar refractivity (Wildman–Crippen MR) is 97.5 cm³/mol. The summed E-state index contributed by atoms with van der Waals surface area (Å²) in [6.45, 7) is 0. The normalized spacial score (nSPS) is 18.5. The minimum atomic E-state index is -0.453. The van der Waals surface area contributed by atoms with Gasteiger partial charge in [0.05, 0.1) is 5.69 Å². The van der Waals surface area contributed by atoms with Crippen molar-refractivity contribution < 1.29 is 9.59 Å². The molecule has 0 aromatic heterocycles. The smallest absolute Gasteiger partial charge is 0.240 e. The van der Waals surface area contributed by atoms with Gasteiger partial charge in [-0.05, 0) is 24.3 Å². The lowest BCUT2D eigenvalue weighted by atomic mass is 10.2. The molecule has 2 amide bonds. The average Bonchev–Trinajstić information content (AvgIpc) is 2.95. The van der Waals surface area contributed by atoms with E-state index in [1.807, 2.05) is 60.7 Å². The van der Waals surface area contributed by atoms with Gasteiger partial charge in [-0.3, -0.25) is 9.59 Å². The Kier molecular flexibility index (Phi) is 4.96. The van der Waals surface area contributed by atoms with Gasteiger partial charge < -0.3 is 10.2 Å². The zero-order valence-corrected chi connectivity index (χ0v) is 14.0. The maximum atomic E-state index is 12.4. The molecule has 0 radical (unpaired) electrons. The van der Waals surface area contributed by atoms with Crippen molar-refractivity contribution in [2.45, 2.75) is 11.7 Å². The summed E-state index contributed by atoms with van der Waals surface area (Å²) in [5, 5.41) is 2.82. The first-order valence-electron chi connectivity index (χ1n) is 7.56. The molecular formula is C18H17N3O2S. The van der Waals surface area contributed by atoms with Crippen LogP contribution in [0.25, 0.3) is 0 Å². The van der Waals surface area contributed by atoms with Crippen molar-refractivity contribution in [3.63, 3.8) is 0 Å². The van der Waals surface area contributed by atoms with Gasteiger partial charge in [0.25, 0.3) is 0 Å². The highest BCUT2D eigenvalue weighted by Gasteiger charge is 2.33. The fourth-order valence-electron chi connectivity index (χ4n) is 2.30. The van der Waals surface area contributed by atoms with Gasteiger partial charge in [0.1, 0.15) is 5.25 Å². The second kappa shape index (κ2) is 7.31. The van der Waals surface area contributed by atoms with E-state index in [0.29, 0.717) is 5.17 Å². The number of carbonyl (C=O) groups is 2. The van der Waals surface area contributed by atoms with Gasteiger partial charge in [0, 0.05) is 19.2 Å². The van der Waals surface area contributed by atoms with E-state index < -0.39 is 5.25 Å². The molecule has 1 N–H and O–H groups in total. The van der Waals surface area contributed by atoms with Crippen LogP contribution in [-0.2, 0) is 9.59 Å². The fourth-order valence-corrected chi connectivity index (χ4v) is 3.28. The number of rotatable bonds is 4. The molecule has 1 heterocycles. The van der Waals surface area contributed by atoms with Gasteiger partial charge in [-0.1, -0.05) is 48.2 Å². The number of benzene rings is 2. The lowest BCUT2D eigenvalue weighted by Crippen LogP contribution is -2.32. The van der Waals surface area contributed by atoms with Crippen molar-refractivity contribution in [3.05, 3.63) is 60.7 Å². The van der Waals surface area contributed by atoms with E-state index in [1.165, 1.54) is 11.8 Å². The molecule has 5 nitrogen and oxygen atoms in total. The summed E-state index contributed by atoms with van der Waals surface area (Å²) in [4.78, 5) is 30.5. The zero-order chi connectivity index (χ0) is 16.9. The molecule has 1 aliphatic rings. The van der Waals surface area contributed by atoms with E-state index in [-0.39, 0.29) is 18.2 Å². The number of nitrogens with zero attached hydrogens (tertiary/aromatic N) is 2. The Morgan fingerprint density at radius 1 is 1.12 bits per heavy atom. The molecule has 0 aliphatic carbocycles. The Labute approximate surface area is 144 Å². The van der Waals surface area contributed by atoms with Crippen LogP contribution in [0, 0.1) is 0 Å². The molecule has 2 aromatic rings. The first-order chi connectivity index (χ1) is 11.6. The van der Waals surface area contributed by atoms with Crippen molar-refractivity contribution >= 4 is 40.1 Å². The quantitative estimate of drug-likeness (QED) is 0.931. The third kappa shape index (κ3) is 3.83. The summed E-state index contributed by atoms with van der Waals surface area (Å²) < 4.78 is 0. The predicted octanol–water partition coefficient (Wildman–Crippen LogP) is 2.96. The summed E-state index contributed by atoms with van der Waals surface area (Å²) in [5.74, 6) is -0.278. The Morgan fingerprint density at radius 2 is 1.75 bits per heavy atom. The number of amidine groups is 1. The number of nitrogens with one attached hydrogen (secondary N) is 1. The van der Waals surface area contributed by atoms with E-state index >= 15 is 0 Å². The van der Waals surface area contributed by atoms with Crippen molar-refractivity contribution in [1.29, 1.82) is 0 Å². The number of anilines is 1. The fraction of sp³-hybridized carbons (Fsp3) is 0.167. The topological polar surface area (TPSA) is 61.8 Å². The lowest BCUT2D eigenvalue weighted by molar-refractivity contribution is -0.123. The van der Waals surface area contributed by atoms with Gasteiger partial charge in [-0.25, -0.2) is 4.99 Å². The average molecular weight is 339 g/mol. The highest BCUT2D eigenvalue weighted by Crippen LogP contribution is 2.26. The zero-order valence-electron chi connectivity index (χ0n) is 13.2. The van der Waals surface area contributed by atoms with Crippen LogP contribution in [0.1, 0.15) is 6.42 Å². The van der Waals surface area contributed by atoms with E-state index in [2.05, 4.69) is 10.3 Å². The molecule has 1 aliphatic heterocycles. The third-order valence-corrected chi connectivity index (χ3v) is 4.72. The van der Waals surface area contributed by atoms with Crippen molar-refractivity contribution in [2.75, 3.05) is 11.9 Å². The van der Waals surface area contributed by atoms with E-state index in [9.17, 15) is 9.59 Å². The van der Waals surface area contributed by atoms with Gasteiger partial charge in [-0.15, -0.1) is 0 Å². The van der Waals surface area contributed by atoms with Crippen LogP contribution >= 0.6 is 11.8 Å². The second-order valence-electron chi connectivity index (χ2n) is 5.34. The molecule has 6 heteroatoms. The first-order valence-corrected chi connectivity index (χ1v) is 8.44. The number of amides is 2. The van der Waals surface area contributed by atoms with Crippen molar-refractivity contribution in [2.24, 2.45) is 4.99 Å². The van der Waals surface area contributed by atoms with Crippen molar-refractivity contribution in [3.8, 4) is 0 Å². The molecule has 122 valence electrons. The van der Waals surface area contributed by atoms with Crippen molar-refractivity contribution in [1.82, 2.24) is 5.32 Å². The number of carbonyl (C=O) groups excluding carboxylic acids is 2. The van der Waals surface area contributed by atoms with Crippen LogP contribution in [0.4, 0.5) is 11.4 Å². The molecular weight excluding hydrogens is 322 g/mol. The number of aliphatic imine (C=N–C) groups is 1. The largest absolute Gasteiger partial charge is 0.315 e. The molecule has 1 fully saturated rings. The molecule has 3 rings (SSSR count). The van der Waals surface area contributed by atoms with Crippen LogP contribution in [0.5, 0.6) is 0 Å². The second-order valence-corrected chi connectivity index (χ2v) is 6.53. The minimum Gasteiger partial charge on any atom is -0.315 e. The van der Waals surface area contributed by atoms with E-state index in [1.54, 1.807) is 11.9 Å². The Balaban J connectivity index is 1.65. The Bertz CT molecular complexity index is 762. The number of hydrogen-bond donors (Lipinski definition) is 1. The maximum Gasteiger partial charge on any atom is 0.240 e. The standard InChI is InChI=1S/C18H17N3O2S/c1-21(14-10-6-3-7-11-14)16(22)12-15-17(23)20-18(24-15)19-13-8-4-2-5-9-13/h2-11,15H,12H2,1H3,(H,19,20,23). The summed E-state index contributed by atoms with van der Waals surface area (Å²) >= 11 is 1.30. The van der Waals surface area contributed by atoms with Gasteiger partial charge in [0.15, 0.2) is 5.17 Å². The third-order valence-electron chi connectivity index (χ3n) is 3.64. The molecule has 1 saturated heterocycles. The molecule has 0 spiro atoms. The number of para-hydroxylation sites is 2. The molecule has 24 heavy (non-hydrogen) atoms. The highest BCUT2D eigenvalue weighted by atomic mass is 32.2. The van der Waals surface area contributed by atoms with Crippen LogP contribution < -0.4 is 10.2 Å². The van der Waals surface area contributed by atoms with Crippen LogP contribution in [0.2, 0.25) is 0 Å². The molecule has 0 saturated carbocycles. The summed E-state index contributed by atoms with van der Waals surface area (Å²) in [5.41, 5.74) is 1.58. The summed E-state index contributed by atoms with van der Waals surface area (Å²) in [6.07, 6.45) is 0.135. The maximum absolute atomic E-state index is 12.4. The molecule has 0 bridgehead atoms. The van der Waals surface area contributed by atoms with Gasteiger partial charge >= 0.3 is 0 Å². The molecule has 2 aromatic carbocycles. The van der Waals surface area contributed by atoms with Crippen LogP contribution in [-0.4, -0.2) is 29.3 Å². The Morgan fingerprint density at radius 3 is 2.42 bits per heavy atom. The van der Waals surface area contributed by atoms with E-state index in [0.717, 1.165) is 11.4 Å². The summed E-state index contributed by atoms with van der Waals surface area (Å²) in [6, 6.07) is 18.8.